The quantitative estimate of drug-likeness (QED) is 0.818. The van der Waals surface area contributed by atoms with Gasteiger partial charge >= 0.3 is 0 Å². The van der Waals surface area contributed by atoms with Crippen LogP contribution in [0.25, 0.3) is 10.9 Å². The molecule has 0 radical (unpaired) electrons. The Bertz CT molecular complexity index is 541. The first-order chi connectivity index (χ1) is 9.33. The average Bonchev–Trinajstić information content (AvgIpc) is 3.03. The normalized spacial score (nSPS) is 16.5. The fourth-order valence-electron chi connectivity index (χ4n) is 3.09. The van der Waals surface area contributed by atoms with E-state index in [1.54, 1.807) is 0 Å². The van der Waals surface area contributed by atoms with Crippen molar-refractivity contribution < 1.29 is 0 Å². The second-order valence-electron chi connectivity index (χ2n) is 5.57. The van der Waals surface area contributed by atoms with Crippen molar-refractivity contribution in [1.82, 2.24) is 9.88 Å². The molecule has 1 heterocycles. The monoisotopic (exact) mass is 320 g/mol. The zero-order valence-electron chi connectivity index (χ0n) is 11.2. The Morgan fingerprint density at radius 2 is 2.05 bits per heavy atom. The van der Waals surface area contributed by atoms with Gasteiger partial charge in [-0.15, -0.1) is 0 Å². The van der Waals surface area contributed by atoms with Crippen molar-refractivity contribution in [1.29, 1.82) is 0 Å². The molecule has 1 aromatic heterocycles. The van der Waals surface area contributed by atoms with Crippen molar-refractivity contribution in [3.63, 3.8) is 0 Å². The van der Waals surface area contributed by atoms with Crippen molar-refractivity contribution in [3.05, 3.63) is 34.9 Å². The summed E-state index contributed by atoms with van der Waals surface area (Å²) in [6.45, 7) is 3.32. The molecular weight excluding hydrogens is 300 g/mol. The third kappa shape index (κ3) is 3.21. The van der Waals surface area contributed by atoms with Crippen LogP contribution in [0.5, 0.6) is 0 Å². The highest BCUT2D eigenvalue weighted by Crippen LogP contribution is 2.23. The van der Waals surface area contributed by atoms with Gasteiger partial charge in [0.25, 0.3) is 0 Å². The highest BCUT2D eigenvalue weighted by atomic mass is 79.9. The second-order valence-corrected chi connectivity index (χ2v) is 6.48. The summed E-state index contributed by atoms with van der Waals surface area (Å²) in [6, 6.07) is 8.68. The Labute approximate surface area is 123 Å². The Morgan fingerprint density at radius 3 is 2.89 bits per heavy atom. The molecule has 102 valence electrons. The Kier molecular flexibility index (Phi) is 4.24. The van der Waals surface area contributed by atoms with Gasteiger partial charge in [0.2, 0.25) is 0 Å². The minimum Gasteiger partial charge on any atom is -0.346 e. The maximum Gasteiger partial charge on any atom is 0.0481 e. The number of halogens is 1. The van der Waals surface area contributed by atoms with Gasteiger partial charge in [-0.05, 0) is 49.6 Å². The molecule has 2 nitrogen and oxygen atoms in total. The maximum atomic E-state index is 3.61. The lowest BCUT2D eigenvalue weighted by Gasteiger charge is -2.11. The fraction of sp³-hybridized carbons (Fsp3) is 0.500. The largest absolute Gasteiger partial charge is 0.346 e. The number of aromatic nitrogens is 1. The van der Waals surface area contributed by atoms with E-state index in [1.807, 2.05) is 0 Å². The Hall–Kier alpha value is -0.800. The molecule has 1 aromatic carbocycles. The first-order valence-electron chi connectivity index (χ1n) is 7.28. The molecule has 0 bridgehead atoms. The van der Waals surface area contributed by atoms with Gasteiger partial charge < -0.3 is 9.88 Å². The summed E-state index contributed by atoms with van der Waals surface area (Å²) in [4.78, 5) is 0. The highest BCUT2D eigenvalue weighted by molar-refractivity contribution is 9.10. The van der Waals surface area contributed by atoms with Crippen molar-refractivity contribution in [2.75, 3.05) is 13.1 Å². The third-order valence-electron chi connectivity index (χ3n) is 4.17. The van der Waals surface area contributed by atoms with Crippen molar-refractivity contribution in [3.8, 4) is 0 Å². The molecule has 1 N–H and O–H groups in total. The van der Waals surface area contributed by atoms with Crippen LogP contribution in [0.3, 0.4) is 0 Å². The number of nitrogens with zero attached hydrogens (tertiary/aromatic N) is 1. The summed E-state index contributed by atoms with van der Waals surface area (Å²) in [5.41, 5.74) is 1.32. The molecule has 1 aliphatic carbocycles. The lowest BCUT2D eigenvalue weighted by Crippen LogP contribution is -2.25. The van der Waals surface area contributed by atoms with Gasteiger partial charge in [-0.1, -0.05) is 28.8 Å². The molecule has 19 heavy (non-hydrogen) atoms. The van der Waals surface area contributed by atoms with Gasteiger partial charge in [0, 0.05) is 34.7 Å². The molecule has 0 aliphatic heterocycles. The third-order valence-corrected chi connectivity index (χ3v) is 4.66. The minimum atomic E-state index is 0.928. The molecule has 1 fully saturated rings. The van der Waals surface area contributed by atoms with E-state index in [1.165, 1.54) is 43.1 Å². The van der Waals surface area contributed by atoms with Crippen LogP contribution < -0.4 is 5.32 Å². The van der Waals surface area contributed by atoms with E-state index in [9.17, 15) is 0 Å². The highest BCUT2D eigenvalue weighted by Gasteiger charge is 2.13. The smallest absolute Gasteiger partial charge is 0.0481 e. The lowest BCUT2D eigenvalue weighted by molar-refractivity contribution is 0.478. The van der Waals surface area contributed by atoms with Crippen molar-refractivity contribution in [2.45, 2.75) is 32.2 Å². The van der Waals surface area contributed by atoms with E-state index in [2.05, 4.69) is 56.3 Å². The van der Waals surface area contributed by atoms with Crippen LogP contribution in [0.2, 0.25) is 0 Å². The van der Waals surface area contributed by atoms with Crippen LogP contribution in [0, 0.1) is 5.92 Å². The molecule has 0 atom stereocenters. The molecule has 0 amide bonds. The standard InChI is InChI=1S/C16H21BrN2/c17-15-5-6-16-14(11-15)7-9-19(16)10-8-18-12-13-3-1-2-4-13/h5-7,9,11,13,18H,1-4,8,10,12H2. The molecule has 1 saturated carbocycles. The van der Waals surface area contributed by atoms with Gasteiger partial charge in [-0.2, -0.15) is 0 Å². The van der Waals surface area contributed by atoms with Crippen LogP contribution in [-0.2, 0) is 6.54 Å². The maximum absolute atomic E-state index is 3.61. The summed E-state index contributed by atoms with van der Waals surface area (Å²) in [5, 5.41) is 4.92. The van der Waals surface area contributed by atoms with Gasteiger partial charge in [0.1, 0.15) is 0 Å². The second kappa shape index (κ2) is 6.10. The van der Waals surface area contributed by atoms with E-state index < -0.39 is 0 Å². The molecule has 3 heteroatoms. The molecule has 0 saturated heterocycles. The lowest BCUT2D eigenvalue weighted by atomic mass is 10.1. The molecule has 0 spiro atoms. The summed E-state index contributed by atoms with van der Waals surface area (Å²) in [5.74, 6) is 0.928. The van der Waals surface area contributed by atoms with Crippen molar-refractivity contribution in [2.24, 2.45) is 5.92 Å². The topological polar surface area (TPSA) is 17.0 Å². The number of rotatable bonds is 5. The molecule has 2 aromatic rings. The number of nitrogens with one attached hydrogen (secondary N) is 1. The van der Waals surface area contributed by atoms with Crippen LogP contribution >= 0.6 is 15.9 Å². The Balaban J connectivity index is 1.53. The number of fused-ring (bicyclic) bond motifs is 1. The molecular formula is C16H21BrN2. The predicted molar refractivity (Wildman–Crippen MR) is 84.5 cm³/mol. The van der Waals surface area contributed by atoms with Gasteiger partial charge in [-0.3, -0.25) is 0 Å². The average molecular weight is 321 g/mol. The van der Waals surface area contributed by atoms with Crippen LogP contribution in [0.1, 0.15) is 25.7 Å². The van der Waals surface area contributed by atoms with Gasteiger partial charge in [-0.25, -0.2) is 0 Å². The first kappa shape index (κ1) is 13.2. The summed E-state index contributed by atoms with van der Waals surface area (Å²) in [6.07, 6.45) is 7.90. The van der Waals surface area contributed by atoms with Gasteiger partial charge in [0.15, 0.2) is 0 Å². The number of benzene rings is 1. The predicted octanol–water partition coefficient (Wildman–Crippen LogP) is 4.18. The zero-order chi connectivity index (χ0) is 13.1. The van der Waals surface area contributed by atoms with E-state index in [0.717, 1.165) is 23.5 Å². The Morgan fingerprint density at radius 1 is 1.21 bits per heavy atom. The van der Waals surface area contributed by atoms with E-state index >= 15 is 0 Å². The van der Waals surface area contributed by atoms with Crippen LogP contribution in [-0.4, -0.2) is 17.7 Å². The SMILES string of the molecule is Brc1ccc2c(ccn2CCNCC2CCCC2)c1. The zero-order valence-corrected chi connectivity index (χ0v) is 12.8. The summed E-state index contributed by atoms with van der Waals surface area (Å²) < 4.78 is 3.49. The van der Waals surface area contributed by atoms with E-state index in [0.29, 0.717) is 0 Å². The summed E-state index contributed by atoms with van der Waals surface area (Å²) in [7, 11) is 0. The minimum absolute atomic E-state index is 0.928. The fourth-order valence-corrected chi connectivity index (χ4v) is 3.46. The van der Waals surface area contributed by atoms with Gasteiger partial charge in [0.05, 0.1) is 0 Å². The number of hydrogen-bond acceptors (Lipinski definition) is 1. The van der Waals surface area contributed by atoms with Crippen LogP contribution in [0.4, 0.5) is 0 Å². The van der Waals surface area contributed by atoms with Crippen molar-refractivity contribution >= 4 is 26.8 Å². The molecule has 3 rings (SSSR count). The van der Waals surface area contributed by atoms with Crippen LogP contribution in [0.15, 0.2) is 34.9 Å². The molecule has 1 aliphatic rings. The summed E-state index contributed by atoms with van der Waals surface area (Å²) >= 11 is 3.52. The van der Waals surface area contributed by atoms with E-state index in [-0.39, 0.29) is 0 Å². The first-order valence-corrected chi connectivity index (χ1v) is 8.07. The van der Waals surface area contributed by atoms with E-state index in [4.69, 9.17) is 0 Å². The number of hydrogen-bond donors (Lipinski definition) is 1. The molecule has 0 unspecified atom stereocenters.